The van der Waals surface area contributed by atoms with Crippen LogP contribution >= 0.6 is 0 Å². The van der Waals surface area contributed by atoms with Crippen LogP contribution in [0.4, 0.5) is 4.39 Å². The molecule has 2 heterocycles. The standard InChI is InChI=1S/C10H14FN3O5/c11-6-7(16)5(3-15)19-9(6)14-2-4(1-12)8(17)13-10(14)18/h2,5-7,9,15-16H,1,3,12H2,(H,13,17,18)/t5-,6-,7-,9-/m1/s1. The molecule has 8 nitrogen and oxygen atoms in total. The van der Waals surface area contributed by atoms with Crippen LogP contribution in [0.15, 0.2) is 15.8 Å². The van der Waals surface area contributed by atoms with Crippen LogP contribution in [0.3, 0.4) is 0 Å². The van der Waals surface area contributed by atoms with Crippen LogP contribution in [0.2, 0.25) is 0 Å². The Bertz CT molecular complexity index is 571. The van der Waals surface area contributed by atoms with Crippen LogP contribution in [0.1, 0.15) is 11.8 Å². The van der Waals surface area contributed by atoms with Gasteiger partial charge in [0, 0.05) is 18.3 Å². The number of aliphatic hydroxyl groups excluding tert-OH is 2. The van der Waals surface area contributed by atoms with Gasteiger partial charge >= 0.3 is 5.69 Å². The minimum absolute atomic E-state index is 0.0809. The number of aromatic nitrogens is 2. The molecule has 4 atom stereocenters. The zero-order valence-corrected chi connectivity index (χ0v) is 9.82. The number of halogens is 1. The van der Waals surface area contributed by atoms with Gasteiger partial charge in [0.2, 0.25) is 0 Å². The average Bonchev–Trinajstić information content (AvgIpc) is 2.67. The fourth-order valence-electron chi connectivity index (χ4n) is 1.94. The van der Waals surface area contributed by atoms with E-state index in [1.807, 2.05) is 4.98 Å². The number of aromatic amines is 1. The second kappa shape index (κ2) is 5.21. The van der Waals surface area contributed by atoms with Crippen molar-refractivity contribution in [2.24, 2.45) is 5.73 Å². The molecular formula is C10H14FN3O5. The highest BCUT2D eigenvalue weighted by molar-refractivity contribution is 5.05. The zero-order valence-electron chi connectivity index (χ0n) is 9.82. The van der Waals surface area contributed by atoms with Gasteiger partial charge in [0.1, 0.15) is 12.2 Å². The normalized spacial score (nSPS) is 30.7. The quantitative estimate of drug-likeness (QED) is 0.486. The number of hydrogen-bond donors (Lipinski definition) is 4. The molecule has 9 heteroatoms. The number of alkyl halides is 1. The maximum atomic E-state index is 13.9. The van der Waals surface area contributed by atoms with Crippen molar-refractivity contribution in [3.8, 4) is 0 Å². The average molecular weight is 275 g/mol. The third kappa shape index (κ3) is 2.32. The fourth-order valence-corrected chi connectivity index (χ4v) is 1.94. The van der Waals surface area contributed by atoms with E-state index in [-0.39, 0.29) is 12.1 Å². The van der Waals surface area contributed by atoms with Gasteiger partial charge in [-0.3, -0.25) is 14.3 Å². The van der Waals surface area contributed by atoms with Crippen LogP contribution in [0.25, 0.3) is 0 Å². The second-order valence-electron chi connectivity index (χ2n) is 4.21. The molecule has 1 aromatic heterocycles. The lowest BCUT2D eigenvalue weighted by Gasteiger charge is -2.16. The van der Waals surface area contributed by atoms with Gasteiger partial charge in [-0.05, 0) is 0 Å². The first-order valence-corrected chi connectivity index (χ1v) is 5.62. The molecule has 1 aliphatic rings. The van der Waals surface area contributed by atoms with Crippen molar-refractivity contribution < 1.29 is 19.3 Å². The highest BCUT2D eigenvalue weighted by Gasteiger charge is 2.45. The van der Waals surface area contributed by atoms with Crippen LogP contribution < -0.4 is 17.0 Å². The molecule has 106 valence electrons. The summed E-state index contributed by atoms with van der Waals surface area (Å²) in [6.07, 6.45) is -4.89. The molecule has 1 fully saturated rings. The predicted octanol–water partition coefficient (Wildman–Crippen LogP) is -2.42. The summed E-state index contributed by atoms with van der Waals surface area (Å²) in [5.41, 5.74) is 3.87. The summed E-state index contributed by atoms with van der Waals surface area (Å²) >= 11 is 0. The highest BCUT2D eigenvalue weighted by atomic mass is 19.1. The first kappa shape index (κ1) is 13.9. The Morgan fingerprint density at radius 2 is 2.21 bits per heavy atom. The molecule has 0 aromatic carbocycles. The summed E-state index contributed by atoms with van der Waals surface area (Å²) in [6, 6.07) is 0. The zero-order chi connectivity index (χ0) is 14.2. The van der Waals surface area contributed by atoms with Gasteiger partial charge in [0.15, 0.2) is 12.4 Å². The third-order valence-corrected chi connectivity index (χ3v) is 3.01. The summed E-state index contributed by atoms with van der Waals surface area (Å²) in [4.78, 5) is 24.9. The number of H-pyrrole nitrogens is 1. The first-order valence-electron chi connectivity index (χ1n) is 5.62. The Labute approximate surface area is 106 Å². The molecule has 1 aliphatic heterocycles. The molecule has 0 radical (unpaired) electrons. The fraction of sp³-hybridized carbons (Fsp3) is 0.600. The predicted molar refractivity (Wildman–Crippen MR) is 61.1 cm³/mol. The van der Waals surface area contributed by atoms with Crippen molar-refractivity contribution >= 4 is 0 Å². The second-order valence-corrected chi connectivity index (χ2v) is 4.21. The van der Waals surface area contributed by atoms with E-state index in [1.54, 1.807) is 0 Å². The number of aliphatic hydroxyl groups is 2. The SMILES string of the molecule is NCc1cn([C@@H]2O[C@H](CO)[C@@H](O)[C@H]2F)c(=O)[nH]c1=O. The topological polar surface area (TPSA) is 131 Å². The van der Waals surface area contributed by atoms with E-state index < -0.39 is 42.5 Å². The highest BCUT2D eigenvalue weighted by Crippen LogP contribution is 2.30. The minimum atomic E-state index is -1.90. The molecule has 19 heavy (non-hydrogen) atoms. The van der Waals surface area contributed by atoms with E-state index in [0.29, 0.717) is 0 Å². The molecular weight excluding hydrogens is 261 g/mol. The van der Waals surface area contributed by atoms with E-state index in [2.05, 4.69) is 0 Å². The van der Waals surface area contributed by atoms with Crippen molar-refractivity contribution in [3.05, 3.63) is 32.6 Å². The molecule has 0 bridgehead atoms. The van der Waals surface area contributed by atoms with Gasteiger partial charge in [0.25, 0.3) is 5.56 Å². The Balaban J connectivity index is 2.43. The van der Waals surface area contributed by atoms with Gasteiger partial charge in [0.05, 0.1) is 6.61 Å². The summed E-state index contributed by atoms with van der Waals surface area (Å²) in [6.45, 7) is -0.717. The minimum Gasteiger partial charge on any atom is -0.394 e. The van der Waals surface area contributed by atoms with Gasteiger partial charge in [-0.25, -0.2) is 9.18 Å². The van der Waals surface area contributed by atoms with Crippen molar-refractivity contribution in [2.75, 3.05) is 6.61 Å². The number of ether oxygens (including phenoxy) is 1. The van der Waals surface area contributed by atoms with E-state index in [0.717, 1.165) is 10.8 Å². The Morgan fingerprint density at radius 3 is 2.74 bits per heavy atom. The maximum absolute atomic E-state index is 13.9. The summed E-state index contributed by atoms with van der Waals surface area (Å²) in [5, 5.41) is 18.4. The summed E-state index contributed by atoms with van der Waals surface area (Å²) < 4.78 is 19.7. The first-order chi connectivity index (χ1) is 8.99. The van der Waals surface area contributed by atoms with Crippen LogP contribution in [-0.2, 0) is 11.3 Å². The lowest BCUT2D eigenvalue weighted by atomic mass is 10.1. The van der Waals surface area contributed by atoms with E-state index in [1.165, 1.54) is 0 Å². The lowest BCUT2D eigenvalue weighted by molar-refractivity contribution is -0.0492. The third-order valence-electron chi connectivity index (χ3n) is 3.01. The Morgan fingerprint density at radius 1 is 1.53 bits per heavy atom. The van der Waals surface area contributed by atoms with Crippen LogP contribution in [-0.4, -0.2) is 44.8 Å². The molecule has 0 saturated carbocycles. The molecule has 0 unspecified atom stereocenters. The van der Waals surface area contributed by atoms with Crippen LogP contribution in [0.5, 0.6) is 0 Å². The van der Waals surface area contributed by atoms with Crippen molar-refractivity contribution in [1.82, 2.24) is 9.55 Å². The molecule has 0 aliphatic carbocycles. The molecule has 0 spiro atoms. The van der Waals surface area contributed by atoms with Gasteiger partial charge in [-0.1, -0.05) is 0 Å². The van der Waals surface area contributed by atoms with E-state index >= 15 is 0 Å². The lowest BCUT2D eigenvalue weighted by Crippen LogP contribution is -2.37. The molecule has 5 N–H and O–H groups in total. The number of hydrogen-bond acceptors (Lipinski definition) is 6. The largest absolute Gasteiger partial charge is 0.394 e. The molecule has 0 amide bonds. The van der Waals surface area contributed by atoms with Gasteiger partial charge in [-0.15, -0.1) is 0 Å². The number of nitrogens with one attached hydrogen (secondary N) is 1. The Hall–Kier alpha value is -1.55. The summed E-state index contributed by atoms with van der Waals surface area (Å²) in [7, 11) is 0. The van der Waals surface area contributed by atoms with E-state index in [9.17, 15) is 19.1 Å². The number of nitrogens with two attached hydrogens (primary N) is 1. The number of rotatable bonds is 3. The van der Waals surface area contributed by atoms with Gasteiger partial charge in [-0.2, -0.15) is 0 Å². The molecule has 2 rings (SSSR count). The molecule has 1 aromatic rings. The number of nitrogens with zero attached hydrogens (tertiary/aromatic N) is 1. The monoisotopic (exact) mass is 275 g/mol. The van der Waals surface area contributed by atoms with E-state index in [4.69, 9.17) is 15.6 Å². The maximum Gasteiger partial charge on any atom is 0.330 e. The van der Waals surface area contributed by atoms with Crippen molar-refractivity contribution in [1.29, 1.82) is 0 Å². The smallest absolute Gasteiger partial charge is 0.330 e. The van der Waals surface area contributed by atoms with Crippen molar-refractivity contribution in [2.45, 2.75) is 31.2 Å². The van der Waals surface area contributed by atoms with Crippen LogP contribution in [0, 0.1) is 0 Å². The van der Waals surface area contributed by atoms with Crippen molar-refractivity contribution in [3.63, 3.8) is 0 Å². The van der Waals surface area contributed by atoms with Gasteiger partial charge < -0.3 is 20.7 Å². The summed E-state index contributed by atoms with van der Waals surface area (Å²) in [5.74, 6) is 0. The molecule has 1 saturated heterocycles. The Kier molecular flexibility index (Phi) is 3.80.